The summed E-state index contributed by atoms with van der Waals surface area (Å²) in [7, 11) is -0.308. The Labute approximate surface area is 127 Å². The molecule has 3 heterocycles. The quantitative estimate of drug-likeness (QED) is 0.868. The predicted octanol–water partition coefficient (Wildman–Crippen LogP) is 2.76. The fourth-order valence-electron chi connectivity index (χ4n) is 2.53. The average Bonchev–Trinajstić information content (AvgIpc) is 2.55. The van der Waals surface area contributed by atoms with Gasteiger partial charge in [-0.1, -0.05) is 18.1 Å². The maximum Gasteiger partial charge on any atom is 0.487 e. The van der Waals surface area contributed by atoms with E-state index in [1.807, 2.05) is 18.2 Å². The first-order chi connectivity index (χ1) is 9.89. The van der Waals surface area contributed by atoms with Crippen molar-refractivity contribution in [1.82, 2.24) is 10.3 Å². The molecule has 2 aliphatic heterocycles. The maximum absolute atomic E-state index is 5.98. The lowest BCUT2D eigenvalue weighted by molar-refractivity contribution is 0.00578. The minimum absolute atomic E-state index is 0.296. The minimum Gasteiger partial charge on any atom is -0.400 e. The zero-order valence-corrected chi connectivity index (χ0v) is 13.2. The molecule has 0 bridgehead atoms. The van der Waals surface area contributed by atoms with Crippen molar-refractivity contribution >= 4 is 13.2 Å². The minimum atomic E-state index is -0.308. The molecule has 3 rings (SSSR count). The van der Waals surface area contributed by atoms with Crippen LogP contribution < -0.4 is 5.32 Å². The van der Waals surface area contributed by atoms with Crippen LogP contribution in [0.2, 0.25) is 0 Å². The van der Waals surface area contributed by atoms with Gasteiger partial charge >= 0.3 is 7.12 Å². The van der Waals surface area contributed by atoms with Gasteiger partial charge in [0.25, 0.3) is 0 Å². The number of aromatic nitrogens is 1. The standard InChI is InChI=1S/C16H23BN2O2/c1-15(2)16(3,4)21-17(20-15)9-7-12-6-5-10-19-14(12)13-8-11-18-13/h5-7,9-10,13,18H,8,11H2,1-4H3/b9-7+/t13-/m0/s1. The van der Waals surface area contributed by atoms with Crippen LogP contribution in [0.5, 0.6) is 0 Å². The molecule has 1 N–H and O–H groups in total. The predicted molar refractivity (Wildman–Crippen MR) is 84.7 cm³/mol. The van der Waals surface area contributed by atoms with Crippen LogP contribution in [0.4, 0.5) is 0 Å². The fourth-order valence-corrected chi connectivity index (χ4v) is 2.53. The summed E-state index contributed by atoms with van der Waals surface area (Å²) < 4.78 is 12.0. The van der Waals surface area contributed by atoms with Gasteiger partial charge in [0, 0.05) is 6.20 Å². The third kappa shape index (κ3) is 2.78. The Morgan fingerprint density at radius 1 is 1.29 bits per heavy atom. The van der Waals surface area contributed by atoms with E-state index in [0.717, 1.165) is 24.2 Å². The molecule has 4 nitrogen and oxygen atoms in total. The third-order valence-corrected chi connectivity index (χ3v) is 4.73. The number of pyridine rings is 1. The highest BCUT2D eigenvalue weighted by Gasteiger charge is 2.50. The van der Waals surface area contributed by atoms with Crippen LogP contribution in [0.25, 0.3) is 6.08 Å². The normalized spacial score (nSPS) is 27.0. The van der Waals surface area contributed by atoms with Crippen LogP contribution in [-0.4, -0.2) is 29.8 Å². The first kappa shape index (κ1) is 14.8. The summed E-state index contributed by atoms with van der Waals surface area (Å²) >= 11 is 0. The van der Waals surface area contributed by atoms with Crippen LogP contribution in [-0.2, 0) is 9.31 Å². The van der Waals surface area contributed by atoms with E-state index in [0.29, 0.717) is 6.04 Å². The van der Waals surface area contributed by atoms with Gasteiger partial charge in [-0.05, 0) is 52.3 Å². The fraction of sp³-hybridized carbons (Fsp3) is 0.562. The number of nitrogens with zero attached hydrogens (tertiary/aromatic N) is 1. The Morgan fingerprint density at radius 3 is 2.52 bits per heavy atom. The molecule has 0 saturated carbocycles. The molecule has 0 aromatic carbocycles. The van der Waals surface area contributed by atoms with E-state index in [2.05, 4.69) is 50.1 Å². The molecule has 2 aliphatic rings. The van der Waals surface area contributed by atoms with Gasteiger partial charge in [0.15, 0.2) is 0 Å². The van der Waals surface area contributed by atoms with Crippen LogP contribution in [0.1, 0.15) is 51.4 Å². The van der Waals surface area contributed by atoms with Crippen molar-refractivity contribution in [3.63, 3.8) is 0 Å². The molecular weight excluding hydrogens is 263 g/mol. The van der Waals surface area contributed by atoms with Gasteiger partial charge in [-0.2, -0.15) is 0 Å². The SMILES string of the molecule is CC1(C)OB(/C=C/c2cccnc2[C@@H]2CCN2)OC1(C)C. The van der Waals surface area contributed by atoms with Crippen molar-refractivity contribution in [2.24, 2.45) is 0 Å². The van der Waals surface area contributed by atoms with E-state index in [4.69, 9.17) is 9.31 Å². The van der Waals surface area contributed by atoms with Crippen molar-refractivity contribution in [1.29, 1.82) is 0 Å². The van der Waals surface area contributed by atoms with E-state index in [1.165, 1.54) is 0 Å². The number of rotatable bonds is 3. The van der Waals surface area contributed by atoms with Crippen molar-refractivity contribution < 1.29 is 9.31 Å². The largest absolute Gasteiger partial charge is 0.487 e. The molecule has 1 aromatic heterocycles. The lowest BCUT2D eigenvalue weighted by Crippen LogP contribution is -2.41. The van der Waals surface area contributed by atoms with Crippen LogP contribution in [0.15, 0.2) is 24.3 Å². The van der Waals surface area contributed by atoms with E-state index in [9.17, 15) is 0 Å². The molecule has 0 amide bonds. The molecule has 1 aromatic rings. The van der Waals surface area contributed by atoms with Gasteiger partial charge in [0.05, 0.1) is 22.9 Å². The first-order valence-corrected chi connectivity index (χ1v) is 7.61. The highest BCUT2D eigenvalue weighted by molar-refractivity contribution is 6.52. The zero-order valence-electron chi connectivity index (χ0n) is 13.2. The summed E-state index contributed by atoms with van der Waals surface area (Å²) in [5.41, 5.74) is 1.64. The van der Waals surface area contributed by atoms with Gasteiger partial charge in [0.1, 0.15) is 0 Å². The average molecular weight is 286 g/mol. The Balaban J connectivity index is 1.76. The summed E-state index contributed by atoms with van der Waals surface area (Å²) in [5, 5.41) is 3.40. The van der Waals surface area contributed by atoms with Crippen molar-refractivity contribution in [2.75, 3.05) is 6.54 Å². The second kappa shape index (κ2) is 5.23. The van der Waals surface area contributed by atoms with Gasteiger partial charge < -0.3 is 14.6 Å². The lowest BCUT2D eigenvalue weighted by Gasteiger charge is -2.32. The zero-order chi connectivity index (χ0) is 15.1. The summed E-state index contributed by atoms with van der Waals surface area (Å²) in [6, 6.07) is 4.43. The van der Waals surface area contributed by atoms with Crippen molar-refractivity contribution in [2.45, 2.75) is 51.4 Å². The Kier molecular flexibility index (Phi) is 3.68. The molecule has 21 heavy (non-hydrogen) atoms. The molecule has 0 unspecified atom stereocenters. The topological polar surface area (TPSA) is 43.4 Å². The Bertz CT molecular complexity index is 537. The molecule has 2 saturated heterocycles. The highest BCUT2D eigenvalue weighted by atomic mass is 16.7. The lowest BCUT2D eigenvalue weighted by atomic mass is 9.88. The maximum atomic E-state index is 5.98. The summed E-state index contributed by atoms with van der Waals surface area (Å²) in [5.74, 6) is 1.98. The van der Waals surface area contributed by atoms with Crippen molar-refractivity contribution in [3.8, 4) is 0 Å². The van der Waals surface area contributed by atoms with E-state index >= 15 is 0 Å². The molecule has 5 heteroatoms. The number of hydrogen-bond acceptors (Lipinski definition) is 4. The smallest absolute Gasteiger partial charge is 0.400 e. The van der Waals surface area contributed by atoms with Crippen LogP contribution in [0.3, 0.4) is 0 Å². The molecule has 0 radical (unpaired) electrons. The van der Waals surface area contributed by atoms with Crippen LogP contribution in [0, 0.1) is 0 Å². The summed E-state index contributed by atoms with van der Waals surface area (Å²) in [4.78, 5) is 4.51. The summed E-state index contributed by atoms with van der Waals surface area (Å²) in [6.45, 7) is 9.33. The number of nitrogens with one attached hydrogen (secondary N) is 1. The Morgan fingerprint density at radius 2 is 1.95 bits per heavy atom. The van der Waals surface area contributed by atoms with E-state index < -0.39 is 0 Å². The van der Waals surface area contributed by atoms with Crippen LogP contribution >= 0.6 is 0 Å². The Hall–Kier alpha value is -1.17. The highest BCUT2D eigenvalue weighted by Crippen LogP contribution is 2.37. The summed E-state index contributed by atoms with van der Waals surface area (Å²) in [6.07, 6.45) is 5.06. The molecule has 2 fully saturated rings. The van der Waals surface area contributed by atoms with E-state index in [-0.39, 0.29) is 18.3 Å². The van der Waals surface area contributed by atoms with Crippen molar-refractivity contribution in [3.05, 3.63) is 35.6 Å². The molecule has 112 valence electrons. The van der Waals surface area contributed by atoms with E-state index in [1.54, 1.807) is 0 Å². The van der Waals surface area contributed by atoms with Gasteiger partial charge in [0.2, 0.25) is 0 Å². The number of hydrogen-bond donors (Lipinski definition) is 1. The first-order valence-electron chi connectivity index (χ1n) is 7.61. The molecule has 0 spiro atoms. The second-order valence-electron chi connectivity index (χ2n) is 6.76. The van der Waals surface area contributed by atoms with Gasteiger partial charge in [-0.25, -0.2) is 0 Å². The third-order valence-electron chi connectivity index (χ3n) is 4.73. The molecular formula is C16H23BN2O2. The molecule has 0 aliphatic carbocycles. The van der Waals surface area contributed by atoms with Gasteiger partial charge in [-0.3, -0.25) is 4.98 Å². The molecule has 1 atom stereocenters. The van der Waals surface area contributed by atoms with Gasteiger partial charge in [-0.15, -0.1) is 0 Å². The monoisotopic (exact) mass is 286 g/mol. The second-order valence-corrected chi connectivity index (χ2v) is 6.76.